The maximum Gasteiger partial charge on any atom is 0.255 e. The predicted octanol–water partition coefficient (Wildman–Crippen LogP) is 4.87. The van der Waals surface area contributed by atoms with Gasteiger partial charge in [0.25, 0.3) is 5.91 Å². The number of hydrogen-bond donors (Lipinski definition) is 1. The second-order valence-electron chi connectivity index (χ2n) is 6.71. The van der Waals surface area contributed by atoms with Crippen molar-refractivity contribution in [3.63, 3.8) is 0 Å². The smallest absolute Gasteiger partial charge is 0.255 e. The van der Waals surface area contributed by atoms with Crippen LogP contribution in [0.4, 0.5) is 15.8 Å². The van der Waals surface area contributed by atoms with E-state index in [1.807, 2.05) is 12.1 Å². The third-order valence-electron chi connectivity index (χ3n) is 4.76. The number of carbonyl (C=O) groups excluding carboxylic acids is 2. The van der Waals surface area contributed by atoms with Crippen LogP contribution in [-0.2, 0) is 4.79 Å². The number of ether oxygens (including phenoxy) is 1. The molecule has 2 amide bonds. The summed E-state index contributed by atoms with van der Waals surface area (Å²) in [6, 6.07) is 20.2. The molecule has 0 aromatic heterocycles. The minimum Gasteiger partial charge on any atom is -0.497 e. The second kappa shape index (κ2) is 8.59. The molecule has 1 atom stereocenters. The lowest BCUT2D eigenvalue weighted by molar-refractivity contribution is -0.115. The van der Waals surface area contributed by atoms with Crippen LogP contribution in [0, 0.1) is 5.82 Å². The van der Waals surface area contributed by atoms with Crippen molar-refractivity contribution in [3.8, 4) is 5.75 Å². The Morgan fingerprint density at radius 2 is 1.83 bits per heavy atom. The Morgan fingerprint density at radius 3 is 2.50 bits per heavy atom. The first-order chi connectivity index (χ1) is 14.5. The maximum absolute atomic E-state index is 13.6. The van der Waals surface area contributed by atoms with Gasteiger partial charge < -0.3 is 10.1 Å². The summed E-state index contributed by atoms with van der Waals surface area (Å²) in [6.45, 7) is 0. The largest absolute Gasteiger partial charge is 0.497 e. The summed E-state index contributed by atoms with van der Waals surface area (Å²) in [4.78, 5) is 26.4. The van der Waals surface area contributed by atoms with Crippen molar-refractivity contribution in [2.45, 2.75) is 5.37 Å². The molecule has 0 unspecified atom stereocenters. The number of anilines is 2. The Morgan fingerprint density at radius 1 is 1.10 bits per heavy atom. The molecule has 7 heteroatoms. The molecular formula is C23H19FN2O3S. The summed E-state index contributed by atoms with van der Waals surface area (Å²) in [7, 11) is 1.57. The van der Waals surface area contributed by atoms with Gasteiger partial charge in [-0.3, -0.25) is 14.5 Å². The van der Waals surface area contributed by atoms with E-state index >= 15 is 0 Å². The Bertz CT molecular complexity index is 1070. The Labute approximate surface area is 177 Å². The summed E-state index contributed by atoms with van der Waals surface area (Å²) < 4.78 is 18.7. The zero-order chi connectivity index (χ0) is 21.1. The molecule has 0 bridgehead atoms. The Balaban J connectivity index is 1.49. The molecule has 0 aliphatic carbocycles. The average Bonchev–Trinajstić information content (AvgIpc) is 3.15. The topological polar surface area (TPSA) is 58.6 Å². The van der Waals surface area contributed by atoms with Crippen molar-refractivity contribution in [1.29, 1.82) is 0 Å². The van der Waals surface area contributed by atoms with Crippen LogP contribution in [-0.4, -0.2) is 24.7 Å². The standard InChI is InChI=1S/C23H19FN2O3S/c1-29-20-11-7-15(8-12-20)22(28)25-18-9-5-16(6-10-18)23-26(21(27)14-30-23)19-4-2-3-17(24)13-19/h2-13,23H,14H2,1H3,(H,25,28)/t23-/m0/s1. The third kappa shape index (κ3) is 4.16. The van der Waals surface area contributed by atoms with Gasteiger partial charge in [-0.1, -0.05) is 18.2 Å². The fourth-order valence-electron chi connectivity index (χ4n) is 3.25. The number of thioether (sulfide) groups is 1. The minimum absolute atomic E-state index is 0.0625. The molecule has 5 nitrogen and oxygen atoms in total. The number of halogens is 1. The molecule has 30 heavy (non-hydrogen) atoms. The summed E-state index contributed by atoms with van der Waals surface area (Å²) in [5.74, 6) is 0.344. The summed E-state index contributed by atoms with van der Waals surface area (Å²) in [6.07, 6.45) is 0. The van der Waals surface area contributed by atoms with Crippen LogP contribution >= 0.6 is 11.8 Å². The number of rotatable bonds is 5. The van der Waals surface area contributed by atoms with Crippen LogP contribution in [0.3, 0.4) is 0 Å². The molecule has 1 aliphatic rings. The molecule has 0 saturated carbocycles. The molecule has 1 saturated heterocycles. The van der Waals surface area contributed by atoms with Crippen molar-refractivity contribution in [3.05, 3.63) is 89.7 Å². The maximum atomic E-state index is 13.6. The Hall–Kier alpha value is -3.32. The highest BCUT2D eigenvalue weighted by Gasteiger charge is 2.34. The van der Waals surface area contributed by atoms with Gasteiger partial charge >= 0.3 is 0 Å². The fraction of sp³-hybridized carbons (Fsp3) is 0.130. The number of hydrogen-bond acceptors (Lipinski definition) is 4. The van der Waals surface area contributed by atoms with Gasteiger partial charge in [0.15, 0.2) is 0 Å². The quantitative estimate of drug-likeness (QED) is 0.638. The first kappa shape index (κ1) is 20.0. The second-order valence-corrected chi connectivity index (χ2v) is 7.78. The number of carbonyl (C=O) groups is 2. The fourth-order valence-corrected chi connectivity index (χ4v) is 4.43. The molecule has 1 aliphatic heterocycles. The number of nitrogens with zero attached hydrogens (tertiary/aromatic N) is 1. The van der Waals surface area contributed by atoms with Gasteiger partial charge in [0.2, 0.25) is 5.91 Å². The molecule has 1 heterocycles. The number of benzene rings is 3. The number of amides is 2. The molecule has 0 radical (unpaired) electrons. The first-order valence-electron chi connectivity index (χ1n) is 9.30. The van der Waals surface area contributed by atoms with E-state index in [1.54, 1.807) is 60.5 Å². The molecule has 3 aromatic carbocycles. The van der Waals surface area contributed by atoms with E-state index in [0.29, 0.717) is 28.4 Å². The van der Waals surface area contributed by atoms with E-state index < -0.39 is 0 Å². The lowest BCUT2D eigenvalue weighted by atomic mass is 10.1. The van der Waals surface area contributed by atoms with Crippen molar-refractivity contribution >= 4 is 35.0 Å². The first-order valence-corrected chi connectivity index (χ1v) is 10.3. The average molecular weight is 422 g/mol. The van der Waals surface area contributed by atoms with Gasteiger partial charge in [0.05, 0.1) is 12.9 Å². The van der Waals surface area contributed by atoms with Crippen molar-refractivity contribution in [1.82, 2.24) is 0 Å². The summed E-state index contributed by atoms with van der Waals surface area (Å²) in [5, 5.41) is 2.61. The van der Waals surface area contributed by atoms with Crippen molar-refractivity contribution < 1.29 is 18.7 Å². The molecular weight excluding hydrogens is 403 g/mol. The van der Waals surface area contributed by atoms with Crippen LogP contribution in [0.1, 0.15) is 21.3 Å². The van der Waals surface area contributed by atoms with Gasteiger partial charge in [0, 0.05) is 16.9 Å². The van der Waals surface area contributed by atoms with Crippen LogP contribution in [0.5, 0.6) is 5.75 Å². The van der Waals surface area contributed by atoms with Crippen LogP contribution < -0.4 is 15.0 Å². The normalized spacial score (nSPS) is 15.9. The van der Waals surface area contributed by atoms with E-state index in [9.17, 15) is 14.0 Å². The van der Waals surface area contributed by atoms with E-state index in [0.717, 1.165) is 5.56 Å². The summed E-state index contributed by atoms with van der Waals surface area (Å²) >= 11 is 1.49. The molecule has 152 valence electrons. The SMILES string of the molecule is COc1ccc(C(=O)Nc2ccc([C@@H]3SCC(=O)N3c3cccc(F)c3)cc2)cc1. The highest BCUT2D eigenvalue weighted by Crippen LogP contribution is 2.42. The minimum atomic E-state index is -0.382. The van der Waals surface area contributed by atoms with Gasteiger partial charge in [-0.2, -0.15) is 0 Å². The highest BCUT2D eigenvalue weighted by molar-refractivity contribution is 8.00. The van der Waals surface area contributed by atoms with E-state index in [2.05, 4.69) is 5.32 Å². The molecule has 1 N–H and O–H groups in total. The van der Waals surface area contributed by atoms with Crippen molar-refractivity contribution in [2.24, 2.45) is 0 Å². The number of methoxy groups -OCH3 is 1. The van der Waals surface area contributed by atoms with Gasteiger partial charge in [-0.15, -0.1) is 11.8 Å². The summed E-state index contributed by atoms with van der Waals surface area (Å²) in [5.41, 5.74) is 2.60. The molecule has 4 rings (SSSR count). The molecule has 1 fully saturated rings. The number of nitrogens with one attached hydrogen (secondary N) is 1. The Kier molecular flexibility index (Phi) is 5.72. The molecule has 0 spiro atoms. The van der Waals surface area contributed by atoms with E-state index in [-0.39, 0.29) is 23.0 Å². The van der Waals surface area contributed by atoms with Crippen LogP contribution in [0.15, 0.2) is 72.8 Å². The highest BCUT2D eigenvalue weighted by atomic mass is 32.2. The van der Waals surface area contributed by atoms with Crippen LogP contribution in [0.2, 0.25) is 0 Å². The van der Waals surface area contributed by atoms with Gasteiger partial charge in [-0.05, 0) is 60.2 Å². The van der Waals surface area contributed by atoms with E-state index in [1.165, 1.54) is 23.9 Å². The molecule has 3 aromatic rings. The van der Waals surface area contributed by atoms with E-state index in [4.69, 9.17) is 4.74 Å². The zero-order valence-electron chi connectivity index (χ0n) is 16.2. The van der Waals surface area contributed by atoms with Crippen LogP contribution in [0.25, 0.3) is 0 Å². The van der Waals surface area contributed by atoms with Gasteiger partial charge in [0.1, 0.15) is 16.9 Å². The monoisotopic (exact) mass is 422 g/mol. The third-order valence-corrected chi connectivity index (χ3v) is 5.97. The lowest BCUT2D eigenvalue weighted by Crippen LogP contribution is -2.27. The van der Waals surface area contributed by atoms with Crippen molar-refractivity contribution in [2.75, 3.05) is 23.1 Å². The predicted molar refractivity (Wildman–Crippen MR) is 116 cm³/mol. The zero-order valence-corrected chi connectivity index (χ0v) is 17.0. The van der Waals surface area contributed by atoms with Gasteiger partial charge in [-0.25, -0.2) is 4.39 Å². The lowest BCUT2D eigenvalue weighted by Gasteiger charge is -2.24.